The van der Waals surface area contributed by atoms with Crippen molar-refractivity contribution < 1.29 is 17.9 Å². The van der Waals surface area contributed by atoms with Gasteiger partial charge in [0.15, 0.2) is 0 Å². The molecule has 3 aromatic carbocycles. The molecule has 150 valence electrons. The molecule has 0 radical (unpaired) electrons. The third kappa shape index (κ3) is 5.95. The van der Waals surface area contributed by atoms with Gasteiger partial charge in [0, 0.05) is 27.9 Å². The fraction of sp³-hybridized carbons (Fsp3) is 0.0500. The van der Waals surface area contributed by atoms with E-state index in [1.807, 2.05) is 0 Å². The number of anilines is 1. The van der Waals surface area contributed by atoms with Gasteiger partial charge >= 0.3 is 0 Å². The number of sulfonamides is 1. The Morgan fingerprint density at radius 3 is 2.41 bits per heavy atom. The van der Waals surface area contributed by atoms with Gasteiger partial charge in [-0.3, -0.25) is 4.79 Å². The second-order valence-corrected chi connectivity index (χ2v) is 8.52. The predicted octanol–water partition coefficient (Wildman–Crippen LogP) is 4.61. The van der Waals surface area contributed by atoms with E-state index >= 15 is 0 Å². The molecular weight excluding hydrogens is 435 g/mol. The average Bonchev–Trinajstić information content (AvgIpc) is 2.63. The van der Waals surface area contributed by atoms with Gasteiger partial charge < -0.3 is 10.1 Å². The lowest BCUT2D eigenvalue weighted by atomic mass is 10.1. The van der Waals surface area contributed by atoms with Gasteiger partial charge in [-0.05, 0) is 35.9 Å². The number of carbonyl (C=O) groups is 1. The first-order valence-corrected chi connectivity index (χ1v) is 10.7. The van der Waals surface area contributed by atoms with Crippen LogP contribution >= 0.6 is 23.2 Å². The van der Waals surface area contributed by atoms with Crippen LogP contribution in [-0.2, 0) is 21.2 Å². The largest absolute Gasteiger partial charge is 0.457 e. The van der Waals surface area contributed by atoms with Crippen molar-refractivity contribution in [1.29, 1.82) is 0 Å². The normalized spacial score (nSPS) is 11.1. The van der Waals surface area contributed by atoms with Crippen molar-refractivity contribution in [3.8, 4) is 11.5 Å². The first kappa shape index (κ1) is 21.1. The van der Waals surface area contributed by atoms with Crippen LogP contribution < -0.4 is 15.2 Å². The van der Waals surface area contributed by atoms with Crippen molar-refractivity contribution in [2.45, 2.75) is 11.3 Å². The summed E-state index contributed by atoms with van der Waals surface area (Å²) in [7, 11) is -4.03. The highest BCUT2D eigenvalue weighted by Crippen LogP contribution is 2.29. The highest BCUT2D eigenvalue weighted by atomic mass is 35.5. The zero-order valence-corrected chi connectivity index (χ0v) is 17.3. The van der Waals surface area contributed by atoms with E-state index in [9.17, 15) is 13.2 Å². The van der Waals surface area contributed by atoms with E-state index in [0.717, 1.165) is 0 Å². The van der Waals surface area contributed by atoms with E-state index in [4.69, 9.17) is 33.1 Å². The molecule has 9 heteroatoms. The van der Waals surface area contributed by atoms with Crippen molar-refractivity contribution in [3.05, 3.63) is 82.3 Å². The van der Waals surface area contributed by atoms with E-state index in [-0.39, 0.29) is 28.7 Å². The van der Waals surface area contributed by atoms with E-state index in [0.29, 0.717) is 21.4 Å². The summed E-state index contributed by atoms with van der Waals surface area (Å²) >= 11 is 12.0. The summed E-state index contributed by atoms with van der Waals surface area (Å²) in [6, 6.07) is 17.5. The zero-order valence-electron chi connectivity index (χ0n) is 14.9. The lowest BCUT2D eigenvalue weighted by molar-refractivity contribution is -0.115. The standard InChI is InChI=1S/C20H16Cl2N2O4S/c21-14-5-3-6-16(9-14)28-17-10-15(11-18(12-17)29(23,26)27)24-20(25)8-13-4-1-2-7-19(13)22/h1-7,9-12H,8H2,(H,24,25)(H2,23,26,27). The molecule has 0 bridgehead atoms. The smallest absolute Gasteiger partial charge is 0.238 e. The molecule has 0 atom stereocenters. The summed E-state index contributed by atoms with van der Waals surface area (Å²) in [6.45, 7) is 0. The third-order valence-electron chi connectivity index (χ3n) is 3.83. The van der Waals surface area contributed by atoms with Crippen molar-refractivity contribution in [1.82, 2.24) is 0 Å². The molecule has 6 nitrogen and oxygen atoms in total. The minimum absolute atomic E-state index is 0.0176. The predicted molar refractivity (Wildman–Crippen MR) is 113 cm³/mol. The molecule has 0 aromatic heterocycles. The van der Waals surface area contributed by atoms with Gasteiger partial charge in [0.25, 0.3) is 0 Å². The molecule has 0 saturated heterocycles. The van der Waals surface area contributed by atoms with E-state index in [1.165, 1.54) is 18.2 Å². The van der Waals surface area contributed by atoms with Crippen LogP contribution in [-0.4, -0.2) is 14.3 Å². The monoisotopic (exact) mass is 450 g/mol. The molecule has 0 aliphatic carbocycles. The van der Waals surface area contributed by atoms with E-state index in [2.05, 4.69) is 5.32 Å². The molecule has 3 aromatic rings. The molecule has 3 N–H and O–H groups in total. The fourth-order valence-electron chi connectivity index (χ4n) is 2.55. The van der Waals surface area contributed by atoms with Crippen LogP contribution in [0.15, 0.2) is 71.6 Å². The molecule has 0 aliphatic rings. The molecule has 0 unspecified atom stereocenters. The Morgan fingerprint density at radius 1 is 0.966 bits per heavy atom. The summed E-state index contributed by atoms with van der Waals surface area (Å²) in [5.41, 5.74) is 0.857. The number of ether oxygens (including phenoxy) is 1. The number of primary sulfonamides is 1. The SMILES string of the molecule is NS(=O)(=O)c1cc(NC(=O)Cc2ccccc2Cl)cc(Oc2cccc(Cl)c2)c1. The zero-order chi connectivity index (χ0) is 21.0. The van der Waals surface area contributed by atoms with Crippen LogP contribution in [0.2, 0.25) is 10.0 Å². The number of halogens is 2. The van der Waals surface area contributed by atoms with Crippen LogP contribution in [0.5, 0.6) is 11.5 Å². The van der Waals surface area contributed by atoms with Crippen LogP contribution in [0.4, 0.5) is 5.69 Å². The van der Waals surface area contributed by atoms with Crippen molar-refractivity contribution >= 4 is 44.8 Å². The number of hydrogen-bond acceptors (Lipinski definition) is 4. The quantitative estimate of drug-likeness (QED) is 0.572. The first-order chi connectivity index (χ1) is 13.7. The fourth-order valence-corrected chi connectivity index (χ4v) is 3.51. The molecule has 1 amide bonds. The summed E-state index contributed by atoms with van der Waals surface area (Å²) < 4.78 is 29.4. The maximum absolute atomic E-state index is 12.4. The molecule has 3 rings (SSSR count). The summed E-state index contributed by atoms with van der Waals surface area (Å²) in [6.07, 6.45) is 0.0176. The van der Waals surface area contributed by atoms with Crippen LogP contribution in [0, 0.1) is 0 Å². The van der Waals surface area contributed by atoms with Gasteiger partial charge in [0.2, 0.25) is 15.9 Å². The Kier molecular flexibility index (Phi) is 6.44. The minimum atomic E-state index is -4.03. The molecule has 0 saturated carbocycles. The molecular formula is C20H16Cl2N2O4S. The van der Waals surface area contributed by atoms with Gasteiger partial charge in [-0.2, -0.15) is 0 Å². The van der Waals surface area contributed by atoms with Gasteiger partial charge in [0.05, 0.1) is 11.3 Å². The average molecular weight is 451 g/mol. The number of carbonyl (C=O) groups excluding carboxylic acids is 1. The highest BCUT2D eigenvalue weighted by Gasteiger charge is 2.14. The molecule has 0 heterocycles. The summed E-state index contributed by atoms with van der Waals surface area (Å²) in [4.78, 5) is 12.2. The van der Waals surface area contributed by atoms with Crippen molar-refractivity contribution in [3.63, 3.8) is 0 Å². The Hall–Kier alpha value is -2.58. The Balaban J connectivity index is 1.87. The third-order valence-corrected chi connectivity index (χ3v) is 5.33. The van der Waals surface area contributed by atoms with Crippen molar-refractivity contribution in [2.24, 2.45) is 5.14 Å². The molecule has 29 heavy (non-hydrogen) atoms. The second kappa shape index (κ2) is 8.84. The topological polar surface area (TPSA) is 98.5 Å². The van der Waals surface area contributed by atoms with Crippen LogP contribution in [0.1, 0.15) is 5.56 Å². The van der Waals surface area contributed by atoms with Crippen LogP contribution in [0.3, 0.4) is 0 Å². The summed E-state index contributed by atoms with van der Waals surface area (Å²) in [5.74, 6) is 0.197. The maximum Gasteiger partial charge on any atom is 0.238 e. The minimum Gasteiger partial charge on any atom is -0.457 e. The van der Waals surface area contributed by atoms with E-state index < -0.39 is 10.0 Å². The Morgan fingerprint density at radius 2 is 1.72 bits per heavy atom. The van der Waals surface area contributed by atoms with Gasteiger partial charge in [-0.15, -0.1) is 0 Å². The summed E-state index contributed by atoms with van der Waals surface area (Å²) in [5, 5.41) is 8.82. The lowest BCUT2D eigenvalue weighted by Crippen LogP contribution is -2.16. The molecule has 0 aliphatic heterocycles. The van der Waals surface area contributed by atoms with Gasteiger partial charge in [0.1, 0.15) is 11.5 Å². The Bertz CT molecular complexity index is 1170. The Labute approximate surface area is 178 Å². The number of rotatable bonds is 6. The first-order valence-electron chi connectivity index (χ1n) is 8.35. The second-order valence-electron chi connectivity index (χ2n) is 6.11. The number of hydrogen-bond donors (Lipinski definition) is 2. The number of amides is 1. The molecule has 0 fully saturated rings. The maximum atomic E-state index is 12.4. The van der Waals surface area contributed by atoms with E-state index in [1.54, 1.807) is 48.5 Å². The van der Waals surface area contributed by atoms with Gasteiger partial charge in [-0.1, -0.05) is 47.5 Å². The number of benzene rings is 3. The highest BCUT2D eigenvalue weighted by molar-refractivity contribution is 7.89. The van der Waals surface area contributed by atoms with Crippen molar-refractivity contribution in [2.75, 3.05) is 5.32 Å². The number of nitrogens with two attached hydrogens (primary N) is 1. The molecule has 0 spiro atoms. The lowest BCUT2D eigenvalue weighted by Gasteiger charge is -2.12. The van der Waals surface area contributed by atoms with Gasteiger partial charge in [-0.25, -0.2) is 13.6 Å². The van der Waals surface area contributed by atoms with Crippen LogP contribution in [0.25, 0.3) is 0 Å². The number of nitrogens with one attached hydrogen (secondary N) is 1.